The number of carbonyl (C=O) groups is 2. The molecule has 128 valence electrons. The number of nitrogens with zero attached hydrogens (tertiary/aromatic N) is 2. The minimum absolute atomic E-state index is 0.201. The molecule has 6 nitrogen and oxygen atoms in total. The highest BCUT2D eigenvalue weighted by Gasteiger charge is 2.24. The van der Waals surface area contributed by atoms with Gasteiger partial charge < -0.3 is 9.47 Å². The summed E-state index contributed by atoms with van der Waals surface area (Å²) in [5.41, 5.74) is -0.898. The third kappa shape index (κ3) is 8.34. The number of hydrogen-bond acceptors (Lipinski definition) is 6. The quantitative estimate of drug-likeness (QED) is 0.729. The number of ether oxygens (including phenoxy) is 2. The average molecular weight is 314 g/mol. The maximum Gasteiger partial charge on any atom is 0.320 e. The lowest BCUT2D eigenvalue weighted by Gasteiger charge is -2.34. The summed E-state index contributed by atoms with van der Waals surface area (Å²) in [6.07, 6.45) is 0. The normalized spacial score (nSPS) is 18.1. The first-order chi connectivity index (χ1) is 9.94. The summed E-state index contributed by atoms with van der Waals surface area (Å²) in [6, 6.07) is 0. The van der Waals surface area contributed by atoms with Gasteiger partial charge in [-0.05, 0) is 41.5 Å². The lowest BCUT2D eigenvalue weighted by Crippen LogP contribution is -2.50. The molecule has 0 radical (unpaired) electrons. The predicted molar refractivity (Wildman–Crippen MR) is 84.6 cm³/mol. The van der Waals surface area contributed by atoms with Crippen molar-refractivity contribution in [3.63, 3.8) is 0 Å². The molecule has 0 unspecified atom stereocenters. The van der Waals surface area contributed by atoms with Crippen LogP contribution in [0.25, 0.3) is 0 Å². The van der Waals surface area contributed by atoms with Gasteiger partial charge in [0.05, 0.1) is 13.1 Å². The van der Waals surface area contributed by atoms with Gasteiger partial charge in [0.2, 0.25) is 0 Å². The molecule has 0 saturated carbocycles. The maximum atomic E-state index is 11.8. The van der Waals surface area contributed by atoms with Crippen molar-refractivity contribution in [3.8, 4) is 0 Å². The highest BCUT2D eigenvalue weighted by atomic mass is 16.6. The molecule has 6 heteroatoms. The van der Waals surface area contributed by atoms with E-state index in [0.717, 1.165) is 26.2 Å². The minimum Gasteiger partial charge on any atom is -0.459 e. The number of carbonyl (C=O) groups excluding carboxylic acids is 2. The summed E-state index contributed by atoms with van der Waals surface area (Å²) in [5.74, 6) is -0.402. The molecule has 0 aliphatic carbocycles. The first-order valence-corrected chi connectivity index (χ1v) is 7.83. The van der Waals surface area contributed by atoms with Crippen LogP contribution < -0.4 is 0 Å². The number of rotatable bonds is 4. The highest BCUT2D eigenvalue weighted by molar-refractivity contribution is 5.72. The second-order valence-electron chi connectivity index (χ2n) is 7.73. The van der Waals surface area contributed by atoms with E-state index in [-0.39, 0.29) is 11.9 Å². The molecule has 1 saturated heterocycles. The summed E-state index contributed by atoms with van der Waals surface area (Å²) in [6.45, 7) is 14.8. The van der Waals surface area contributed by atoms with Gasteiger partial charge >= 0.3 is 11.9 Å². The van der Waals surface area contributed by atoms with Gasteiger partial charge in [-0.15, -0.1) is 0 Å². The summed E-state index contributed by atoms with van der Waals surface area (Å²) < 4.78 is 10.6. The Balaban J connectivity index is 2.29. The van der Waals surface area contributed by atoms with E-state index in [1.165, 1.54) is 0 Å². The van der Waals surface area contributed by atoms with E-state index in [4.69, 9.17) is 9.47 Å². The maximum absolute atomic E-state index is 11.8. The van der Waals surface area contributed by atoms with Gasteiger partial charge in [-0.3, -0.25) is 19.4 Å². The Bertz CT molecular complexity index is 350. The van der Waals surface area contributed by atoms with E-state index in [0.29, 0.717) is 13.1 Å². The second-order valence-corrected chi connectivity index (χ2v) is 7.73. The molecular weight excluding hydrogens is 284 g/mol. The highest BCUT2D eigenvalue weighted by Crippen LogP contribution is 2.10. The summed E-state index contributed by atoms with van der Waals surface area (Å²) in [4.78, 5) is 27.7. The van der Waals surface area contributed by atoms with Crippen LogP contribution >= 0.6 is 0 Å². The van der Waals surface area contributed by atoms with Crippen LogP contribution in [0.3, 0.4) is 0 Å². The molecule has 0 atom stereocenters. The van der Waals surface area contributed by atoms with Gasteiger partial charge in [0.1, 0.15) is 11.2 Å². The summed E-state index contributed by atoms with van der Waals surface area (Å²) in [5, 5.41) is 0. The lowest BCUT2D eigenvalue weighted by atomic mass is 10.2. The standard InChI is InChI=1S/C16H30N2O4/c1-15(2,3)21-13(19)11-17-7-9-18(10-8-17)12-14(20)22-16(4,5)6/h7-12H2,1-6H3. The van der Waals surface area contributed by atoms with Crippen LogP contribution in [0.1, 0.15) is 41.5 Å². The van der Waals surface area contributed by atoms with Gasteiger partial charge in [0.15, 0.2) is 0 Å². The Morgan fingerprint density at radius 1 is 0.727 bits per heavy atom. The fraction of sp³-hybridized carbons (Fsp3) is 0.875. The Hall–Kier alpha value is -1.14. The second kappa shape index (κ2) is 7.42. The fourth-order valence-electron chi connectivity index (χ4n) is 2.22. The van der Waals surface area contributed by atoms with Gasteiger partial charge in [-0.25, -0.2) is 0 Å². The van der Waals surface area contributed by atoms with Crippen molar-refractivity contribution in [2.24, 2.45) is 0 Å². The van der Waals surface area contributed by atoms with Crippen molar-refractivity contribution in [2.45, 2.75) is 52.7 Å². The molecule has 0 aromatic heterocycles. The zero-order valence-electron chi connectivity index (χ0n) is 14.8. The zero-order chi connectivity index (χ0) is 17.0. The molecule has 1 aliphatic heterocycles. The number of esters is 2. The lowest BCUT2D eigenvalue weighted by molar-refractivity contribution is -0.159. The Labute approximate surface area is 133 Å². The van der Waals surface area contributed by atoms with Crippen LogP contribution in [0.4, 0.5) is 0 Å². The molecule has 0 aromatic carbocycles. The topological polar surface area (TPSA) is 59.1 Å². The van der Waals surface area contributed by atoms with Gasteiger partial charge in [-0.1, -0.05) is 0 Å². The zero-order valence-corrected chi connectivity index (χ0v) is 14.8. The van der Waals surface area contributed by atoms with Gasteiger partial charge in [0.25, 0.3) is 0 Å². The molecule has 1 fully saturated rings. The Morgan fingerprint density at radius 3 is 1.23 bits per heavy atom. The van der Waals surface area contributed by atoms with Crippen molar-refractivity contribution in [1.29, 1.82) is 0 Å². The first-order valence-electron chi connectivity index (χ1n) is 7.83. The fourth-order valence-corrected chi connectivity index (χ4v) is 2.22. The molecular formula is C16H30N2O4. The monoisotopic (exact) mass is 314 g/mol. The summed E-state index contributed by atoms with van der Waals surface area (Å²) in [7, 11) is 0. The largest absolute Gasteiger partial charge is 0.459 e. The molecule has 0 bridgehead atoms. The van der Waals surface area contributed by atoms with E-state index >= 15 is 0 Å². The van der Waals surface area contributed by atoms with Gasteiger partial charge in [0, 0.05) is 26.2 Å². The van der Waals surface area contributed by atoms with Gasteiger partial charge in [-0.2, -0.15) is 0 Å². The van der Waals surface area contributed by atoms with E-state index in [2.05, 4.69) is 9.80 Å². The minimum atomic E-state index is -0.449. The van der Waals surface area contributed by atoms with Crippen molar-refractivity contribution in [1.82, 2.24) is 9.80 Å². The molecule has 0 N–H and O–H groups in total. The molecule has 0 amide bonds. The molecule has 22 heavy (non-hydrogen) atoms. The van der Waals surface area contributed by atoms with Crippen molar-refractivity contribution in [2.75, 3.05) is 39.3 Å². The van der Waals surface area contributed by atoms with Crippen LogP contribution in [0, 0.1) is 0 Å². The number of hydrogen-bond donors (Lipinski definition) is 0. The summed E-state index contributed by atoms with van der Waals surface area (Å²) >= 11 is 0. The number of piperazine rings is 1. The third-order valence-corrected chi connectivity index (χ3v) is 3.01. The smallest absolute Gasteiger partial charge is 0.320 e. The van der Waals surface area contributed by atoms with E-state index in [1.807, 2.05) is 41.5 Å². The van der Waals surface area contributed by atoms with E-state index in [9.17, 15) is 9.59 Å². The van der Waals surface area contributed by atoms with Crippen molar-refractivity contribution in [3.05, 3.63) is 0 Å². The Kier molecular flexibility index (Phi) is 6.38. The molecule has 1 aliphatic rings. The van der Waals surface area contributed by atoms with Crippen LogP contribution in [-0.2, 0) is 19.1 Å². The van der Waals surface area contributed by atoms with Crippen molar-refractivity contribution >= 4 is 11.9 Å². The van der Waals surface area contributed by atoms with Crippen LogP contribution in [0.15, 0.2) is 0 Å². The molecule has 1 rings (SSSR count). The first kappa shape index (κ1) is 18.9. The predicted octanol–water partition coefficient (Wildman–Crippen LogP) is 1.29. The molecule has 0 spiro atoms. The SMILES string of the molecule is CC(C)(C)OC(=O)CN1CCN(CC(=O)OC(C)(C)C)CC1. The van der Waals surface area contributed by atoms with E-state index < -0.39 is 11.2 Å². The Morgan fingerprint density at radius 2 is 1.00 bits per heavy atom. The van der Waals surface area contributed by atoms with Crippen LogP contribution in [-0.4, -0.2) is 72.2 Å². The molecule has 1 heterocycles. The van der Waals surface area contributed by atoms with Crippen LogP contribution in [0.2, 0.25) is 0 Å². The molecule has 0 aromatic rings. The van der Waals surface area contributed by atoms with Crippen molar-refractivity contribution < 1.29 is 19.1 Å². The third-order valence-electron chi connectivity index (χ3n) is 3.01. The average Bonchev–Trinajstić information content (AvgIpc) is 2.26. The van der Waals surface area contributed by atoms with E-state index in [1.54, 1.807) is 0 Å². The van der Waals surface area contributed by atoms with Crippen LogP contribution in [0.5, 0.6) is 0 Å².